The van der Waals surface area contributed by atoms with Gasteiger partial charge in [-0.25, -0.2) is 4.79 Å². The topological polar surface area (TPSA) is 107 Å². The number of hydrogen-bond donors (Lipinski definition) is 2. The Balaban J connectivity index is 1.35. The van der Waals surface area contributed by atoms with E-state index in [4.69, 9.17) is 18.6 Å². The molecule has 0 saturated heterocycles. The number of nitrogens with one attached hydrogen (secondary N) is 1. The van der Waals surface area contributed by atoms with Crippen molar-refractivity contribution in [2.45, 2.75) is 45.1 Å². The van der Waals surface area contributed by atoms with Gasteiger partial charge in [0.25, 0.3) is 0 Å². The Morgan fingerprint density at radius 3 is 2.28 bits per heavy atom. The van der Waals surface area contributed by atoms with Crippen LogP contribution in [0.25, 0.3) is 22.3 Å². The molecule has 0 aliphatic rings. The molecule has 244 valence electrons. The van der Waals surface area contributed by atoms with Crippen LogP contribution in [0.4, 0.5) is 0 Å². The quantitative estimate of drug-likeness (QED) is 0.0955. The molecule has 8 nitrogen and oxygen atoms in total. The van der Waals surface area contributed by atoms with Crippen molar-refractivity contribution in [1.29, 1.82) is 0 Å². The molecule has 1 atom stereocenters. The van der Waals surface area contributed by atoms with Gasteiger partial charge in [-0.3, -0.25) is 4.79 Å². The molecule has 0 unspecified atom stereocenters. The van der Waals surface area contributed by atoms with Crippen LogP contribution in [-0.2, 0) is 28.8 Å². The molecule has 0 fully saturated rings. The van der Waals surface area contributed by atoms with Gasteiger partial charge >= 0.3 is 5.97 Å². The van der Waals surface area contributed by atoms with Crippen LogP contribution in [0.1, 0.15) is 45.5 Å². The maximum Gasteiger partial charge on any atom is 0.342 e. The van der Waals surface area contributed by atoms with Gasteiger partial charge in [-0.2, -0.15) is 0 Å². The van der Waals surface area contributed by atoms with E-state index in [1.807, 2.05) is 97.9 Å². The fraction of sp³-hybridized carbons (Fsp3) is 0.282. The summed E-state index contributed by atoms with van der Waals surface area (Å²) in [7, 11) is 3.18. The number of fused-ring (bicyclic) bond motifs is 1. The fourth-order valence-electron chi connectivity index (χ4n) is 5.56. The maximum atomic E-state index is 13.7. The molecule has 1 amide bonds. The number of esters is 1. The van der Waals surface area contributed by atoms with Crippen molar-refractivity contribution in [2.75, 3.05) is 27.4 Å². The van der Waals surface area contributed by atoms with Crippen molar-refractivity contribution in [2.24, 2.45) is 0 Å². The highest BCUT2D eigenvalue weighted by Gasteiger charge is 2.26. The predicted octanol–water partition coefficient (Wildman–Crippen LogP) is 6.87. The number of hydrogen-bond acceptors (Lipinski definition) is 7. The molecular formula is C39H41NO7. The van der Waals surface area contributed by atoms with Gasteiger partial charge in [0.1, 0.15) is 17.1 Å². The first-order valence-electron chi connectivity index (χ1n) is 15.8. The number of carbonyl (C=O) groups excluding carboxylic acids is 2. The van der Waals surface area contributed by atoms with Crippen LogP contribution in [0.2, 0.25) is 0 Å². The van der Waals surface area contributed by atoms with Crippen LogP contribution in [0.15, 0.2) is 95.4 Å². The zero-order valence-corrected chi connectivity index (χ0v) is 27.1. The number of aryl methyl sites for hydroxylation is 3. The molecule has 8 heteroatoms. The molecule has 47 heavy (non-hydrogen) atoms. The van der Waals surface area contributed by atoms with Crippen molar-refractivity contribution in [3.63, 3.8) is 0 Å². The van der Waals surface area contributed by atoms with Gasteiger partial charge in [-0.15, -0.1) is 0 Å². The summed E-state index contributed by atoms with van der Waals surface area (Å²) in [5, 5.41) is 13.4. The summed E-state index contributed by atoms with van der Waals surface area (Å²) in [6, 6.07) is 28.6. The Hall–Kier alpha value is -5.08. The van der Waals surface area contributed by atoms with Crippen LogP contribution in [0.3, 0.4) is 0 Å². The molecule has 0 radical (unpaired) electrons. The zero-order valence-electron chi connectivity index (χ0n) is 27.1. The first-order valence-corrected chi connectivity index (χ1v) is 15.8. The van der Waals surface area contributed by atoms with Gasteiger partial charge in [0.05, 0.1) is 33.5 Å². The van der Waals surface area contributed by atoms with E-state index in [1.165, 1.54) is 0 Å². The lowest BCUT2D eigenvalue weighted by atomic mass is 10.0. The Bertz CT molecular complexity index is 1780. The SMILES string of the molecule is COc1ccc(CCCOC(=O)c2c(-c3ccc(C)cc3)oc3c(OC)cc(CCC(=O)N[C@H](CO)Cc4ccccc4)cc23)cc1. The minimum Gasteiger partial charge on any atom is -0.497 e. The van der Waals surface area contributed by atoms with E-state index in [9.17, 15) is 14.7 Å². The molecule has 0 spiro atoms. The van der Waals surface area contributed by atoms with E-state index in [0.29, 0.717) is 47.3 Å². The highest BCUT2D eigenvalue weighted by Crippen LogP contribution is 2.39. The second-order valence-corrected chi connectivity index (χ2v) is 11.6. The molecule has 0 bridgehead atoms. The lowest BCUT2D eigenvalue weighted by Gasteiger charge is -2.16. The highest BCUT2D eigenvalue weighted by atomic mass is 16.5. The average Bonchev–Trinajstić information content (AvgIpc) is 3.49. The fourth-order valence-corrected chi connectivity index (χ4v) is 5.56. The predicted molar refractivity (Wildman–Crippen MR) is 182 cm³/mol. The molecular weight excluding hydrogens is 594 g/mol. The van der Waals surface area contributed by atoms with Crippen LogP contribution >= 0.6 is 0 Å². The van der Waals surface area contributed by atoms with Crippen LogP contribution in [0.5, 0.6) is 11.5 Å². The lowest BCUT2D eigenvalue weighted by molar-refractivity contribution is -0.122. The molecule has 0 aliphatic carbocycles. The second kappa shape index (κ2) is 16.0. The lowest BCUT2D eigenvalue weighted by Crippen LogP contribution is -2.39. The number of furan rings is 1. The number of amides is 1. The van der Waals surface area contributed by atoms with Gasteiger partial charge in [0.15, 0.2) is 11.3 Å². The van der Waals surface area contributed by atoms with Crippen molar-refractivity contribution >= 4 is 22.8 Å². The third kappa shape index (κ3) is 8.60. The average molecular weight is 636 g/mol. The van der Waals surface area contributed by atoms with Crippen molar-refractivity contribution in [1.82, 2.24) is 5.32 Å². The van der Waals surface area contributed by atoms with Gasteiger partial charge in [0.2, 0.25) is 5.91 Å². The Kier molecular flexibility index (Phi) is 11.3. The summed E-state index contributed by atoms with van der Waals surface area (Å²) in [4.78, 5) is 26.6. The van der Waals surface area contributed by atoms with E-state index in [0.717, 1.165) is 40.0 Å². The Labute approximate surface area is 275 Å². The number of aliphatic hydroxyl groups excluding tert-OH is 1. The summed E-state index contributed by atoms with van der Waals surface area (Å²) in [6.45, 7) is 2.07. The number of methoxy groups -OCH3 is 2. The van der Waals surface area contributed by atoms with Crippen molar-refractivity contribution < 1.29 is 33.3 Å². The molecule has 4 aromatic carbocycles. The van der Waals surface area contributed by atoms with E-state index in [1.54, 1.807) is 14.2 Å². The third-order valence-electron chi connectivity index (χ3n) is 8.11. The number of rotatable bonds is 15. The maximum absolute atomic E-state index is 13.7. The van der Waals surface area contributed by atoms with Gasteiger partial charge < -0.3 is 29.1 Å². The summed E-state index contributed by atoms with van der Waals surface area (Å²) in [5.41, 5.74) is 5.54. The van der Waals surface area contributed by atoms with Gasteiger partial charge in [-0.1, -0.05) is 72.3 Å². The standard InChI is InChI=1S/C39H41NO7/c1-26-11-16-30(17-12-26)37-36(39(43)46-21-7-10-27-13-18-32(44-2)19-14-27)33-23-29(24-34(45-3)38(33)47-37)15-20-35(42)40-31(25-41)22-28-8-5-4-6-9-28/h4-6,8-9,11-14,16-19,23-24,31,41H,7,10,15,20-22,25H2,1-3H3,(H,40,42)/t31-/m0/s1. The van der Waals surface area contributed by atoms with Crippen LogP contribution in [-0.4, -0.2) is 50.5 Å². The smallest absolute Gasteiger partial charge is 0.342 e. The van der Waals surface area contributed by atoms with Crippen LogP contribution < -0.4 is 14.8 Å². The summed E-state index contributed by atoms with van der Waals surface area (Å²) >= 11 is 0. The molecule has 2 N–H and O–H groups in total. The number of benzene rings is 4. The van der Waals surface area contributed by atoms with Crippen LogP contribution in [0, 0.1) is 6.92 Å². The minimum atomic E-state index is -0.488. The molecule has 5 aromatic rings. The molecule has 1 heterocycles. The summed E-state index contributed by atoms with van der Waals surface area (Å²) in [5.74, 6) is 0.992. The van der Waals surface area contributed by atoms with E-state index >= 15 is 0 Å². The minimum absolute atomic E-state index is 0.164. The second-order valence-electron chi connectivity index (χ2n) is 11.6. The first kappa shape index (κ1) is 33.3. The van der Waals surface area contributed by atoms with E-state index < -0.39 is 5.97 Å². The molecule has 5 rings (SSSR count). The molecule has 1 aromatic heterocycles. The number of carbonyl (C=O) groups is 2. The van der Waals surface area contributed by atoms with Gasteiger partial charge in [-0.05, 0) is 73.6 Å². The zero-order chi connectivity index (χ0) is 33.2. The highest BCUT2D eigenvalue weighted by molar-refractivity contribution is 6.10. The summed E-state index contributed by atoms with van der Waals surface area (Å²) < 4.78 is 23.1. The normalized spacial score (nSPS) is 11.7. The van der Waals surface area contributed by atoms with Crippen molar-refractivity contribution in [3.05, 3.63) is 119 Å². The molecule has 0 aliphatic heterocycles. The van der Waals surface area contributed by atoms with E-state index in [2.05, 4.69) is 5.32 Å². The molecule has 0 saturated carbocycles. The number of ether oxygens (including phenoxy) is 3. The van der Waals surface area contributed by atoms with Crippen molar-refractivity contribution in [3.8, 4) is 22.8 Å². The summed E-state index contributed by atoms with van der Waals surface area (Å²) in [6.07, 6.45) is 2.51. The largest absolute Gasteiger partial charge is 0.497 e. The Morgan fingerprint density at radius 2 is 1.60 bits per heavy atom. The third-order valence-corrected chi connectivity index (χ3v) is 8.11. The monoisotopic (exact) mass is 635 g/mol. The van der Waals surface area contributed by atoms with Gasteiger partial charge in [0, 0.05) is 17.4 Å². The van der Waals surface area contributed by atoms with E-state index in [-0.39, 0.29) is 31.6 Å². The Morgan fingerprint density at radius 1 is 0.851 bits per heavy atom. The first-order chi connectivity index (χ1) is 22.9. The number of aliphatic hydroxyl groups is 1.